The van der Waals surface area contributed by atoms with Crippen LogP contribution >= 0.6 is 0 Å². The molecule has 1 amide bonds. The molecule has 0 fully saturated rings. The summed E-state index contributed by atoms with van der Waals surface area (Å²) in [5.74, 6) is -0.719. The van der Waals surface area contributed by atoms with E-state index in [4.69, 9.17) is 5.73 Å². The van der Waals surface area contributed by atoms with Gasteiger partial charge in [0.25, 0.3) is 5.91 Å². The Morgan fingerprint density at radius 3 is 2.76 bits per heavy atom. The number of nitrogens with two attached hydrogens (primary N) is 1. The van der Waals surface area contributed by atoms with E-state index in [9.17, 15) is 9.18 Å². The zero-order valence-corrected chi connectivity index (χ0v) is 8.72. The lowest BCUT2D eigenvalue weighted by Crippen LogP contribution is -2.16. The Bertz CT molecular complexity index is 541. The summed E-state index contributed by atoms with van der Waals surface area (Å²) < 4.78 is 12.6. The Labute approximate surface area is 96.5 Å². The van der Waals surface area contributed by atoms with E-state index in [-0.39, 0.29) is 17.2 Å². The van der Waals surface area contributed by atoms with E-state index in [1.165, 1.54) is 18.3 Å². The summed E-state index contributed by atoms with van der Waals surface area (Å²) in [6.07, 6.45) is 2.47. The molecule has 0 aliphatic heterocycles. The molecule has 2 aromatic rings. The molecule has 86 valence electrons. The summed E-state index contributed by atoms with van der Waals surface area (Å²) in [4.78, 5) is 19.3. The van der Waals surface area contributed by atoms with Gasteiger partial charge in [0.1, 0.15) is 11.6 Å². The standard InChI is InChI=1S/C11H9FN4O/c12-7-3-4-9(15-6-7)16-11(17)10-8(13)2-1-5-14-10/h1-6H,13H2,(H,15,16,17). The van der Waals surface area contributed by atoms with Crippen molar-refractivity contribution in [3.8, 4) is 0 Å². The van der Waals surface area contributed by atoms with Gasteiger partial charge in [0.2, 0.25) is 0 Å². The van der Waals surface area contributed by atoms with Crippen LogP contribution in [0.1, 0.15) is 10.5 Å². The predicted molar refractivity (Wildman–Crippen MR) is 60.8 cm³/mol. The number of nitrogens with one attached hydrogen (secondary N) is 1. The molecule has 0 spiro atoms. The zero-order chi connectivity index (χ0) is 12.3. The van der Waals surface area contributed by atoms with E-state index in [1.54, 1.807) is 12.1 Å². The average Bonchev–Trinajstić information content (AvgIpc) is 2.32. The van der Waals surface area contributed by atoms with Crippen molar-refractivity contribution in [2.75, 3.05) is 11.1 Å². The average molecular weight is 232 g/mol. The molecule has 5 nitrogen and oxygen atoms in total. The van der Waals surface area contributed by atoms with Crippen LogP contribution in [0, 0.1) is 5.82 Å². The fraction of sp³-hybridized carbons (Fsp3) is 0. The lowest BCUT2D eigenvalue weighted by molar-refractivity contribution is 0.102. The number of pyridine rings is 2. The maximum Gasteiger partial charge on any atom is 0.277 e. The first-order valence-corrected chi connectivity index (χ1v) is 4.80. The van der Waals surface area contributed by atoms with Crippen molar-refractivity contribution in [2.45, 2.75) is 0 Å². The highest BCUT2D eigenvalue weighted by Crippen LogP contribution is 2.10. The predicted octanol–water partition coefficient (Wildman–Crippen LogP) is 1.45. The summed E-state index contributed by atoms with van der Waals surface area (Å²) in [6.45, 7) is 0. The fourth-order valence-electron chi connectivity index (χ4n) is 1.23. The third-order valence-corrected chi connectivity index (χ3v) is 2.02. The Morgan fingerprint density at radius 2 is 2.12 bits per heavy atom. The van der Waals surface area contributed by atoms with Crippen LogP contribution in [0.4, 0.5) is 15.9 Å². The molecule has 0 unspecified atom stereocenters. The molecule has 0 atom stereocenters. The maximum absolute atomic E-state index is 12.6. The normalized spacial score (nSPS) is 9.94. The molecule has 0 saturated heterocycles. The van der Waals surface area contributed by atoms with Gasteiger partial charge in [0.05, 0.1) is 11.9 Å². The highest BCUT2D eigenvalue weighted by Gasteiger charge is 2.11. The first kappa shape index (κ1) is 11.0. The molecular weight excluding hydrogens is 223 g/mol. The molecule has 0 radical (unpaired) electrons. The molecule has 17 heavy (non-hydrogen) atoms. The van der Waals surface area contributed by atoms with Crippen molar-refractivity contribution in [1.82, 2.24) is 9.97 Å². The van der Waals surface area contributed by atoms with E-state index in [1.807, 2.05) is 0 Å². The topological polar surface area (TPSA) is 80.9 Å². The number of anilines is 2. The van der Waals surface area contributed by atoms with Crippen molar-refractivity contribution >= 4 is 17.4 Å². The molecule has 2 rings (SSSR count). The van der Waals surface area contributed by atoms with E-state index in [0.29, 0.717) is 0 Å². The zero-order valence-electron chi connectivity index (χ0n) is 8.72. The molecule has 0 aliphatic rings. The number of carbonyl (C=O) groups is 1. The van der Waals surface area contributed by atoms with Gasteiger partial charge < -0.3 is 11.1 Å². The summed E-state index contributed by atoms with van der Waals surface area (Å²) in [6, 6.07) is 5.75. The van der Waals surface area contributed by atoms with E-state index in [2.05, 4.69) is 15.3 Å². The van der Waals surface area contributed by atoms with Crippen molar-refractivity contribution in [3.05, 3.63) is 48.2 Å². The number of rotatable bonds is 2. The molecule has 0 bridgehead atoms. The van der Waals surface area contributed by atoms with Gasteiger partial charge in [0.15, 0.2) is 5.69 Å². The molecule has 3 N–H and O–H groups in total. The second-order valence-corrected chi connectivity index (χ2v) is 3.26. The number of nitrogens with zero attached hydrogens (tertiary/aromatic N) is 2. The number of nitrogen functional groups attached to an aromatic ring is 1. The van der Waals surface area contributed by atoms with Gasteiger partial charge in [-0.05, 0) is 24.3 Å². The van der Waals surface area contributed by atoms with Gasteiger partial charge in [-0.15, -0.1) is 0 Å². The highest BCUT2D eigenvalue weighted by molar-refractivity contribution is 6.05. The molecule has 2 heterocycles. The highest BCUT2D eigenvalue weighted by atomic mass is 19.1. The summed E-state index contributed by atoms with van der Waals surface area (Å²) in [5.41, 5.74) is 5.98. The van der Waals surface area contributed by atoms with Gasteiger partial charge in [-0.1, -0.05) is 0 Å². The number of amides is 1. The number of hydrogen-bond donors (Lipinski definition) is 2. The lowest BCUT2D eigenvalue weighted by atomic mass is 10.3. The number of aromatic nitrogens is 2. The van der Waals surface area contributed by atoms with Crippen LogP contribution in [0.15, 0.2) is 36.7 Å². The monoisotopic (exact) mass is 232 g/mol. The molecule has 6 heteroatoms. The van der Waals surface area contributed by atoms with E-state index >= 15 is 0 Å². The second kappa shape index (κ2) is 4.56. The minimum atomic E-state index is -0.484. The van der Waals surface area contributed by atoms with Crippen molar-refractivity contribution in [2.24, 2.45) is 0 Å². The lowest BCUT2D eigenvalue weighted by Gasteiger charge is -2.05. The van der Waals surface area contributed by atoms with E-state index < -0.39 is 11.7 Å². The third kappa shape index (κ3) is 2.54. The first-order chi connectivity index (χ1) is 8.16. The molecule has 2 aromatic heterocycles. The molecular formula is C11H9FN4O. The van der Waals surface area contributed by atoms with Gasteiger partial charge in [0, 0.05) is 6.20 Å². The Kier molecular flexibility index (Phi) is 2.95. The van der Waals surface area contributed by atoms with Gasteiger partial charge in [-0.25, -0.2) is 14.4 Å². The van der Waals surface area contributed by atoms with E-state index in [0.717, 1.165) is 6.20 Å². The van der Waals surface area contributed by atoms with Gasteiger partial charge in [-0.3, -0.25) is 4.79 Å². The first-order valence-electron chi connectivity index (χ1n) is 4.80. The van der Waals surface area contributed by atoms with Crippen LogP contribution in [0.5, 0.6) is 0 Å². The van der Waals surface area contributed by atoms with Crippen molar-refractivity contribution in [1.29, 1.82) is 0 Å². The number of hydrogen-bond acceptors (Lipinski definition) is 4. The Hall–Kier alpha value is -2.50. The van der Waals surface area contributed by atoms with Crippen LogP contribution in [-0.2, 0) is 0 Å². The molecule has 0 aliphatic carbocycles. The maximum atomic E-state index is 12.6. The van der Waals surface area contributed by atoms with Crippen LogP contribution < -0.4 is 11.1 Å². The third-order valence-electron chi connectivity index (χ3n) is 2.02. The van der Waals surface area contributed by atoms with Crippen LogP contribution in [-0.4, -0.2) is 15.9 Å². The Balaban J connectivity index is 2.17. The van der Waals surface area contributed by atoms with Crippen molar-refractivity contribution < 1.29 is 9.18 Å². The molecule has 0 saturated carbocycles. The smallest absolute Gasteiger partial charge is 0.277 e. The molecule has 0 aromatic carbocycles. The van der Waals surface area contributed by atoms with Gasteiger partial charge >= 0.3 is 0 Å². The van der Waals surface area contributed by atoms with Crippen LogP contribution in [0.2, 0.25) is 0 Å². The minimum Gasteiger partial charge on any atom is -0.397 e. The van der Waals surface area contributed by atoms with Gasteiger partial charge in [-0.2, -0.15) is 0 Å². The summed E-state index contributed by atoms with van der Waals surface area (Å²) in [5, 5.41) is 2.47. The summed E-state index contributed by atoms with van der Waals surface area (Å²) >= 11 is 0. The van der Waals surface area contributed by atoms with Crippen LogP contribution in [0.3, 0.4) is 0 Å². The largest absolute Gasteiger partial charge is 0.397 e. The number of carbonyl (C=O) groups excluding carboxylic acids is 1. The fourth-order valence-corrected chi connectivity index (χ4v) is 1.23. The minimum absolute atomic E-state index is 0.110. The van der Waals surface area contributed by atoms with Crippen molar-refractivity contribution in [3.63, 3.8) is 0 Å². The number of halogens is 1. The summed E-state index contributed by atoms with van der Waals surface area (Å²) in [7, 11) is 0. The second-order valence-electron chi connectivity index (χ2n) is 3.26. The quantitative estimate of drug-likeness (QED) is 0.821. The SMILES string of the molecule is Nc1cccnc1C(=O)Nc1ccc(F)cn1. The Morgan fingerprint density at radius 1 is 1.29 bits per heavy atom. The van der Waals surface area contributed by atoms with Crippen LogP contribution in [0.25, 0.3) is 0 Å².